The van der Waals surface area contributed by atoms with Gasteiger partial charge in [-0.1, -0.05) is 0 Å². The van der Waals surface area contributed by atoms with Crippen molar-refractivity contribution in [2.24, 2.45) is 11.7 Å². The molecule has 2 rings (SSSR count). The summed E-state index contributed by atoms with van der Waals surface area (Å²) in [6, 6.07) is 2.09. The van der Waals surface area contributed by atoms with Gasteiger partial charge in [0.25, 0.3) is 5.91 Å². The smallest absolute Gasteiger partial charge is 0.252 e. The summed E-state index contributed by atoms with van der Waals surface area (Å²) in [5, 5.41) is 12.3. The van der Waals surface area contributed by atoms with E-state index in [1.54, 1.807) is 0 Å². The van der Waals surface area contributed by atoms with E-state index in [2.05, 4.69) is 10.3 Å². The van der Waals surface area contributed by atoms with Gasteiger partial charge in [0.1, 0.15) is 0 Å². The lowest BCUT2D eigenvalue weighted by Crippen LogP contribution is -2.18. The lowest BCUT2D eigenvalue weighted by Gasteiger charge is -2.14. The monoisotopic (exact) mass is 249 g/mol. The number of aliphatic hydroxyl groups is 1. The third-order valence-electron chi connectivity index (χ3n) is 3.17. The lowest BCUT2D eigenvalue weighted by molar-refractivity contribution is 0.100. The van der Waals surface area contributed by atoms with Crippen LogP contribution in [-0.2, 0) is 0 Å². The lowest BCUT2D eigenvalue weighted by atomic mass is 10.1. The molecule has 2 atom stereocenters. The molecule has 0 bridgehead atoms. The first-order valence-electron chi connectivity index (χ1n) is 6.20. The van der Waals surface area contributed by atoms with Gasteiger partial charge in [0.2, 0.25) is 0 Å². The van der Waals surface area contributed by atoms with Gasteiger partial charge in [0, 0.05) is 30.5 Å². The van der Waals surface area contributed by atoms with E-state index in [1.807, 2.05) is 19.9 Å². The molecule has 1 aliphatic carbocycles. The van der Waals surface area contributed by atoms with Gasteiger partial charge in [-0.3, -0.25) is 9.78 Å². The molecule has 4 N–H and O–H groups in total. The Kier molecular flexibility index (Phi) is 3.52. The Bertz CT molecular complexity index is 460. The Morgan fingerprint density at radius 3 is 2.89 bits per heavy atom. The number of aromatic nitrogens is 1. The van der Waals surface area contributed by atoms with Gasteiger partial charge >= 0.3 is 0 Å². The van der Waals surface area contributed by atoms with Crippen molar-refractivity contribution in [3.63, 3.8) is 0 Å². The molecule has 98 valence electrons. The van der Waals surface area contributed by atoms with Crippen LogP contribution < -0.4 is 11.1 Å². The van der Waals surface area contributed by atoms with Crippen molar-refractivity contribution in [3.8, 4) is 0 Å². The molecule has 0 radical (unpaired) electrons. The molecule has 0 saturated heterocycles. The molecule has 5 heteroatoms. The number of nitrogens with one attached hydrogen (secondary N) is 1. The Labute approximate surface area is 106 Å². The zero-order valence-electron chi connectivity index (χ0n) is 10.7. The predicted molar refractivity (Wildman–Crippen MR) is 69.4 cm³/mol. The van der Waals surface area contributed by atoms with Crippen molar-refractivity contribution in [1.29, 1.82) is 0 Å². The second-order valence-corrected chi connectivity index (χ2v) is 5.10. The van der Waals surface area contributed by atoms with Crippen LogP contribution in [0.15, 0.2) is 12.3 Å². The van der Waals surface area contributed by atoms with E-state index in [0.29, 0.717) is 17.4 Å². The van der Waals surface area contributed by atoms with E-state index >= 15 is 0 Å². The van der Waals surface area contributed by atoms with Crippen molar-refractivity contribution >= 4 is 11.6 Å². The molecular formula is C13H19N3O2. The number of rotatable bonds is 5. The molecule has 1 aliphatic rings. The Hall–Kier alpha value is -1.62. The number of pyridine rings is 1. The Morgan fingerprint density at radius 2 is 2.39 bits per heavy atom. The molecule has 1 saturated carbocycles. The van der Waals surface area contributed by atoms with E-state index in [9.17, 15) is 4.79 Å². The molecule has 0 aromatic carbocycles. The number of hydrogen-bond acceptors (Lipinski definition) is 4. The van der Waals surface area contributed by atoms with Crippen LogP contribution in [0, 0.1) is 5.92 Å². The summed E-state index contributed by atoms with van der Waals surface area (Å²) in [7, 11) is 0. The third kappa shape index (κ3) is 2.61. The number of aliphatic hydroxyl groups excluding tert-OH is 1. The number of carbonyl (C=O) groups is 1. The number of hydrogen-bond donors (Lipinski definition) is 3. The molecule has 18 heavy (non-hydrogen) atoms. The maximum atomic E-state index is 11.3. The molecule has 0 spiro atoms. The number of carbonyl (C=O) groups excluding carboxylic acids is 1. The number of primary amides is 1. The van der Waals surface area contributed by atoms with Crippen LogP contribution >= 0.6 is 0 Å². The first-order chi connectivity index (χ1) is 8.52. The second-order valence-electron chi connectivity index (χ2n) is 5.10. The molecule has 1 amide bonds. The molecule has 1 fully saturated rings. The van der Waals surface area contributed by atoms with E-state index in [-0.39, 0.29) is 12.6 Å². The minimum atomic E-state index is -0.480. The minimum absolute atomic E-state index is 0.191. The van der Waals surface area contributed by atoms with Crippen LogP contribution in [-0.4, -0.2) is 28.6 Å². The standard InChI is InChI=1S/C13H19N3O2/c1-7(2)16-12-4-11(9-3-8(9)6-17)15-5-10(12)13(14)18/h4-5,7-9,17H,3,6H2,1-2H3,(H2,14,18)(H,15,16). The third-order valence-corrected chi connectivity index (χ3v) is 3.17. The predicted octanol–water partition coefficient (Wildman–Crippen LogP) is 1.10. The Balaban J connectivity index is 2.27. The SMILES string of the molecule is CC(C)Nc1cc(C2CC2CO)ncc1C(N)=O. The van der Waals surface area contributed by atoms with Gasteiger partial charge < -0.3 is 16.2 Å². The zero-order valence-corrected chi connectivity index (χ0v) is 10.7. The van der Waals surface area contributed by atoms with Gasteiger partial charge in [0.15, 0.2) is 0 Å². The summed E-state index contributed by atoms with van der Waals surface area (Å²) in [6.45, 7) is 4.19. The first-order valence-corrected chi connectivity index (χ1v) is 6.20. The molecule has 2 unspecified atom stereocenters. The van der Waals surface area contributed by atoms with Gasteiger partial charge in [-0.25, -0.2) is 0 Å². The van der Waals surface area contributed by atoms with Gasteiger partial charge in [-0.2, -0.15) is 0 Å². The summed E-state index contributed by atoms with van der Waals surface area (Å²) < 4.78 is 0. The fraction of sp³-hybridized carbons (Fsp3) is 0.538. The van der Waals surface area contributed by atoms with Crippen molar-refractivity contribution in [2.75, 3.05) is 11.9 Å². The summed E-state index contributed by atoms with van der Waals surface area (Å²) in [6.07, 6.45) is 2.48. The fourth-order valence-corrected chi connectivity index (χ4v) is 2.11. The van der Waals surface area contributed by atoms with Crippen LogP contribution in [0.4, 0.5) is 5.69 Å². The van der Waals surface area contributed by atoms with Crippen molar-refractivity contribution in [2.45, 2.75) is 32.2 Å². The highest BCUT2D eigenvalue weighted by Gasteiger charge is 2.39. The minimum Gasteiger partial charge on any atom is -0.396 e. The molecule has 1 heterocycles. The van der Waals surface area contributed by atoms with Gasteiger partial charge in [-0.05, 0) is 32.3 Å². The van der Waals surface area contributed by atoms with Gasteiger partial charge in [0.05, 0.1) is 11.3 Å². The molecule has 1 aromatic rings. The normalized spacial score (nSPS) is 22.0. The van der Waals surface area contributed by atoms with Crippen LogP contribution in [0.5, 0.6) is 0 Å². The quantitative estimate of drug-likeness (QED) is 0.729. The van der Waals surface area contributed by atoms with E-state index in [1.165, 1.54) is 6.20 Å². The highest BCUT2D eigenvalue weighted by atomic mass is 16.3. The first kappa shape index (κ1) is 12.8. The highest BCUT2D eigenvalue weighted by molar-refractivity contribution is 5.98. The number of nitrogens with zero attached hydrogens (tertiary/aromatic N) is 1. The second kappa shape index (κ2) is 4.94. The highest BCUT2D eigenvalue weighted by Crippen LogP contribution is 2.46. The number of amides is 1. The average molecular weight is 249 g/mol. The van der Waals surface area contributed by atoms with Gasteiger partial charge in [-0.15, -0.1) is 0 Å². The van der Waals surface area contributed by atoms with Crippen LogP contribution in [0.25, 0.3) is 0 Å². The number of anilines is 1. The van der Waals surface area contributed by atoms with Crippen molar-refractivity contribution in [3.05, 3.63) is 23.5 Å². The summed E-state index contributed by atoms with van der Waals surface area (Å²) >= 11 is 0. The van der Waals surface area contributed by atoms with Crippen molar-refractivity contribution in [1.82, 2.24) is 4.98 Å². The zero-order chi connectivity index (χ0) is 13.3. The molecule has 1 aromatic heterocycles. The molecule has 0 aliphatic heterocycles. The van der Waals surface area contributed by atoms with E-state index in [0.717, 1.165) is 17.8 Å². The topological polar surface area (TPSA) is 88.2 Å². The largest absolute Gasteiger partial charge is 0.396 e. The van der Waals surface area contributed by atoms with Crippen molar-refractivity contribution < 1.29 is 9.90 Å². The maximum Gasteiger partial charge on any atom is 0.252 e. The number of nitrogens with two attached hydrogens (primary N) is 1. The van der Waals surface area contributed by atoms with Crippen LogP contribution in [0.2, 0.25) is 0 Å². The molecular weight excluding hydrogens is 230 g/mol. The maximum absolute atomic E-state index is 11.3. The summed E-state index contributed by atoms with van der Waals surface area (Å²) in [5.74, 6) is 0.139. The summed E-state index contributed by atoms with van der Waals surface area (Å²) in [5.41, 5.74) is 7.38. The fourth-order valence-electron chi connectivity index (χ4n) is 2.11. The van der Waals surface area contributed by atoms with Crippen LogP contribution in [0.3, 0.4) is 0 Å². The summed E-state index contributed by atoms with van der Waals surface area (Å²) in [4.78, 5) is 15.6. The Morgan fingerprint density at radius 1 is 1.67 bits per heavy atom. The van der Waals surface area contributed by atoms with E-state index in [4.69, 9.17) is 10.8 Å². The molecule has 5 nitrogen and oxygen atoms in total. The van der Waals surface area contributed by atoms with E-state index < -0.39 is 5.91 Å². The van der Waals surface area contributed by atoms with Crippen LogP contribution in [0.1, 0.15) is 42.2 Å². The average Bonchev–Trinajstić information content (AvgIpc) is 3.06.